The van der Waals surface area contributed by atoms with Gasteiger partial charge < -0.3 is 10.6 Å². The summed E-state index contributed by atoms with van der Waals surface area (Å²) in [6.45, 7) is 5.49. The second kappa shape index (κ2) is 9.43. The monoisotopic (exact) mass is 413 g/mol. The van der Waals surface area contributed by atoms with Crippen molar-refractivity contribution in [3.63, 3.8) is 0 Å². The SMILES string of the molecule is CC(C)n1ncc2c(C(=O)NCCCNc3ccccc3)cc(-c3ccccc3)nc21. The fraction of sp³-hybridized carbons (Fsp3) is 0.240. The maximum absolute atomic E-state index is 13.1. The zero-order valence-electron chi connectivity index (χ0n) is 17.9. The first-order chi connectivity index (χ1) is 15.1. The summed E-state index contributed by atoms with van der Waals surface area (Å²) in [5, 5.41) is 11.7. The first kappa shape index (κ1) is 20.6. The molecule has 4 rings (SSSR count). The third-order valence-electron chi connectivity index (χ3n) is 5.11. The van der Waals surface area contributed by atoms with Crippen LogP contribution in [0.1, 0.15) is 36.7 Å². The fourth-order valence-corrected chi connectivity index (χ4v) is 3.51. The Kier molecular flexibility index (Phi) is 6.26. The van der Waals surface area contributed by atoms with Gasteiger partial charge in [-0.15, -0.1) is 0 Å². The molecule has 0 aliphatic rings. The summed E-state index contributed by atoms with van der Waals surface area (Å²) >= 11 is 0. The van der Waals surface area contributed by atoms with Crippen molar-refractivity contribution in [2.24, 2.45) is 0 Å². The van der Waals surface area contributed by atoms with E-state index in [1.54, 1.807) is 6.20 Å². The van der Waals surface area contributed by atoms with E-state index >= 15 is 0 Å². The molecule has 0 aliphatic carbocycles. The molecule has 6 heteroatoms. The number of fused-ring (bicyclic) bond motifs is 1. The van der Waals surface area contributed by atoms with Gasteiger partial charge in [0.15, 0.2) is 5.65 Å². The molecule has 0 radical (unpaired) electrons. The summed E-state index contributed by atoms with van der Waals surface area (Å²) in [4.78, 5) is 17.9. The number of hydrogen-bond donors (Lipinski definition) is 2. The minimum atomic E-state index is -0.104. The van der Waals surface area contributed by atoms with Crippen molar-refractivity contribution in [2.75, 3.05) is 18.4 Å². The quantitative estimate of drug-likeness (QED) is 0.403. The smallest absolute Gasteiger partial charge is 0.252 e. The highest BCUT2D eigenvalue weighted by atomic mass is 16.1. The van der Waals surface area contributed by atoms with E-state index in [1.807, 2.05) is 71.4 Å². The molecular formula is C25H27N5O. The van der Waals surface area contributed by atoms with Gasteiger partial charge in [-0.3, -0.25) is 4.79 Å². The third-order valence-corrected chi connectivity index (χ3v) is 5.11. The molecule has 0 bridgehead atoms. The standard InChI is InChI=1S/C25H27N5O/c1-18(2)30-24-22(17-28-30)21(16-23(29-24)19-10-5-3-6-11-19)25(31)27-15-9-14-26-20-12-7-4-8-13-20/h3-8,10-13,16-18,26H,9,14-15H2,1-2H3,(H,27,31). The van der Waals surface area contributed by atoms with Gasteiger partial charge in [-0.1, -0.05) is 48.5 Å². The van der Waals surface area contributed by atoms with Gasteiger partial charge in [0.1, 0.15) is 0 Å². The van der Waals surface area contributed by atoms with Crippen molar-refractivity contribution in [2.45, 2.75) is 26.3 Å². The zero-order chi connectivity index (χ0) is 21.6. The van der Waals surface area contributed by atoms with Crippen LogP contribution in [-0.2, 0) is 0 Å². The molecule has 0 spiro atoms. The molecule has 2 N–H and O–H groups in total. The minimum absolute atomic E-state index is 0.104. The number of amides is 1. The molecule has 158 valence electrons. The largest absolute Gasteiger partial charge is 0.385 e. The summed E-state index contributed by atoms with van der Waals surface area (Å²) < 4.78 is 1.86. The van der Waals surface area contributed by atoms with E-state index in [0.29, 0.717) is 12.1 Å². The van der Waals surface area contributed by atoms with Crippen LogP contribution >= 0.6 is 0 Å². The second-order valence-electron chi connectivity index (χ2n) is 7.74. The normalized spacial score (nSPS) is 11.1. The molecule has 1 amide bonds. The van der Waals surface area contributed by atoms with E-state index in [1.165, 1.54) is 0 Å². The number of anilines is 1. The van der Waals surface area contributed by atoms with Crippen molar-refractivity contribution in [3.05, 3.63) is 78.5 Å². The number of nitrogens with zero attached hydrogens (tertiary/aromatic N) is 3. The van der Waals surface area contributed by atoms with Crippen LogP contribution in [0, 0.1) is 0 Å². The third kappa shape index (κ3) is 4.74. The highest BCUT2D eigenvalue weighted by Crippen LogP contribution is 2.26. The Hall–Kier alpha value is -3.67. The average molecular weight is 414 g/mol. The van der Waals surface area contributed by atoms with Crippen molar-refractivity contribution >= 4 is 22.6 Å². The van der Waals surface area contributed by atoms with Crippen molar-refractivity contribution in [1.29, 1.82) is 0 Å². The van der Waals surface area contributed by atoms with Gasteiger partial charge in [-0.25, -0.2) is 9.67 Å². The predicted molar refractivity (Wildman–Crippen MR) is 125 cm³/mol. The molecule has 0 fully saturated rings. The van der Waals surface area contributed by atoms with Crippen LogP contribution in [0.5, 0.6) is 0 Å². The first-order valence-corrected chi connectivity index (χ1v) is 10.6. The lowest BCUT2D eigenvalue weighted by Gasteiger charge is -2.11. The molecule has 0 aliphatic heterocycles. The van der Waals surface area contributed by atoms with Gasteiger partial charge in [0, 0.05) is 30.4 Å². The molecule has 6 nitrogen and oxygen atoms in total. The summed E-state index contributed by atoms with van der Waals surface area (Å²) in [6, 6.07) is 22.0. The first-order valence-electron chi connectivity index (χ1n) is 10.6. The number of benzene rings is 2. The van der Waals surface area contributed by atoms with Gasteiger partial charge in [0.2, 0.25) is 0 Å². The number of nitrogens with one attached hydrogen (secondary N) is 2. The molecule has 31 heavy (non-hydrogen) atoms. The topological polar surface area (TPSA) is 71.8 Å². The van der Waals surface area contributed by atoms with E-state index in [-0.39, 0.29) is 11.9 Å². The Morgan fingerprint density at radius 2 is 1.71 bits per heavy atom. The lowest BCUT2D eigenvalue weighted by Crippen LogP contribution is -2.26. The maximum atomic E-state index is 13.1. The van der Waals surface area contributed by atoms with Crippen molar-refractivity contribution in [1.82, 2.24) is 20.1 Å². The van der Waals surface area contributed by atoms with E-state index < -0.39 is 0 Å². The van der Waals surface area contributed by atoms with E-state index in [0.717, 1.165) is 40.9 Å². The predicted octanol–water partition coefficient (Wildman–Crippen LogP) is 4.91. The minimum Gasteiger partial charge on any atom is -0.385 e. The molecule has 0 saturated heterocycles. The molecule has 0 atom stereocenters. The number of pyridine rings is 1. The van der Waals surface area contributed by atoms with Gasteiger partial charge in [-0.05, 0) is 38.5 Å². The van der Waals surface area contributed by atoms with Crippen LogP contribution in [0.4, 0.5) is 5.69 Å². The number of carbonyl (C=O) groups excluding carboxylic acids is 1. The van der Waals surface area contributed by atoms with Crippen LogP contribution < -0.4 is 10.6 Å². The molecule has 2 aromatic heterocycles. The van der Waals surface area contributed by atoms with E-state index in [4.69, 9.17) is 4.98 Å². The number of hydrogen-bond acceptors (Lipinski definition) is 4. The zero-order valence-corrected chi connectivity index (χ0v) is 17.9. The lowest BCUT2D eigenvalue weighted by atomic mass is 10.1. The Bertz CT molecular complexity index is 1150. The summed E-state index contributed by atoms with van der Waals surface area (Å²) in [5.41, 5.74) is 4.16. The molecule has 2 aromatic carbocycles. The summed E-state index contributed by atoms with van der Waals surface area (Å²) in [7, 11) is 0. The van der Waals surface area contributed by atoms with Crippen LogP contribution in [0.3, 0.4) is 0 Å². The Labute approximate surface area is 182 Å². The van der Waals surface area contributed by atoms with Crippen LogP contribution in [0.2, 0.25) is 0 Å². The van der Waals surface area contributed by atoms with Crippen LogP contribution in [-0.4, -0.2) is 33.8 Å². The highest BCUT2D eigenvalue weighted by Gasteiger charge is 2.18. The molecule has 0 unspecified atom stereocenters. The number of rotatable bonds is 8. The number of para-hydroxylation sites is 1. The van der Waals surface area contributed by atoms with E-state index in [2.05, 4.69) is 29.6 Å². The highest BCUT2D eigenvalue weighted by molar-refractivity contribution is 6.06. The fourth-order valence-electron chi connectivity index (χ4n) is 3.51. The van der Waals surface area contributed by atoms with Gasteiger partial charge in [0.05, 0.1) is 22.8 Å². The summed E-state index contributed by atoms with van der Waals surface area (Å²) in [5.74, 6) is -0.104. The number of aromatic nitrogens is 3. The molecule has 4 aromatic rings. The second-order valence-corrected chi connectivity index (χ2v) is 7.74. The molecule has 2 heterocycles. The lowest BCUT2D eigenvalue weighted by molar-refractivity contribution is 0.0955. The Balaban J connectivity index is 1.52. The van der Waals surface area contributed by atoms with Crippen molar-refractivity contribution < 1.29 is 4.79 Å². The van der Waals surface area contributed by atoms with Gasteiger partial charge in [-0.2, -0.15) is 5.10 Å². The average Bonchev–Trinajstić information content (AvgIpc) is 3.24. The number of carbonyl (C=O) groups is 1. The van der Waals surface area contributed by atoms with E-state index in [9.17, 15) is 4.79 Å². The van der Waals surface area contributed by atoms with Gasteiger partial charge >= 0.3 is 0 Å². The van der Waals surface area contributed by atoms with Crippen molar-refractivity contribution in [3.8, 4) is 11.3 Å². The van der Waals surface area contributed by atoms with Crippen LogP contribution in [0.25, 0.3) is 22.3 Å². The Morgan fingerprint density at radius 3 is 2.42 bits per heavy atom. The summed E-state index contributed by atoms with van der Waals surface area (Å²) in [6.07, 6.45) is 2.56. The Morgan fingerprint density at radius 1 is 1.00 bits per heavy atom. The molecular weight excluding hydrogens is 386 g/mol. The maximum Gasteiger partial charge on any atom is 0.252 e. The van der Waals surface area contributed by atoms with Crippen LogP contribution in [0.15, 0.2) is 72.9 Å². The molecule has 0 saturated carbocycles. The van der Waals surface area contributed by atoms with Gasteiger partial charge in [0.25, 0.3) is 5.91 Å².